The number of ether oxygens (including phenoxy) is 1. The first kappa shape index (κ1) is 20.7. The highest BCUT2D eigenvalue weighted by Gasteiger charge is 2.20. The maximum Gasteiger partial charge on any atom is 0.234 e. The average molecular weight is 428 g/mol. The van der Waals surface area contributed by atoms with E-state index in [2.05, 4.69) is 26.3 Å². The second kappa shape index (κ2) is 9.47. The van der Waals surface area contributed by atoms with Crippen molar-refractivity contribution in [3.63, 3.8) is 0 Å². The van der Waals surface area contributed by atoms with Gasteiger partial charge >= 0.3 is 0 Å². The van der Waals surface area contributed by atoms with Gasteiger partial charge in [0, 0.05) is 62.2 Å². The molecular formula is C22H26ClN5O2. The van der Waals surface area contributed by atoms with E-state index in [1.807, 2.05) is 40.9 Å². The smallest absolute Gasteiger partial charge is 0.234 e. The third-order valence-electron chi connectivity index (χ3n) is 5.35. The molecule has 0 aliphatic carbocycles. The number of carbonyl (C=O) groups excluding carboxylic acids is 1. The molecule has 1 amide bonds. The molecule has 1 fully saturated rings. The Bertz CT molecular complexity index is 981. The van der Waals surface area contributed by atoms with Crippen LogP contribution in [-0.2, 0) is 17.9 Å². The van der Waals surface area contributed by atoms with Crippen LogP contribution in [0.5, 0.6) is 5.75 Å². The van der Waals surface area contributed by atoms with Crippen molar-refractivity contribution in [3.05, 3.63) is 65.1 Å². The van der Waals surface area contributed by atoms with E-state index in [0.29, 0.717) is 18.1 Å². The minimum absolute atomic E-state index is 0.00540. The van der Waals surface area contributed by atoms with Crippen molar-refractivity contribution in [2.45, 2.75) is 13.1 Å². The molecule has 0 saturated carbocycles. The van der Waals surface area contributed by atoms with Gasteiger partial charge in [-0.25, -0.2) is 4.98 Å². The molecule has 0 bridgehead atoms. The van der Waals surface area contributed by atoms with Gasteiger partial charge in [0.15, 0.2) is 0 Å². The van der Waals surface area contributed by atoms with Crippen molar-refractivity contribution in [2.75, 3.05) is 39.8 Å². The van der Waals surface area contributed by atoms with Crippen LogP contribution in [0, 0.1) is 0 Å². The number of benzene rings is 1. The molecule has 2 aromatic heterocycles. The van der Waals surface area contributed by atoms with Crippen LogP contribution in [0.25, 0.3) is 5.65 Å². The molecular weight excluding hydrogens is 402 g/mol. The van der Waals surface area contributed by atoms with Gasteiger partial charge < -0.3 is 14.5 Å². The van der Waals surface area contributed by atoms with Gasteiger partial charge in [0.1, 0.15) is 11.4 Å². The molecule has 3 heterocycles. The van der Waals surface area contributed by atoms with Crippen LogP contribution in [0.3, 0.4) is 0 Å². The number of carbonyl (C=O) groups is 1. The average Bonchev–Trinajstić information content (AvgIpc) is 3.16. The lowest BCUT2D eigenvalue weighted by Crippen LogP contribution is -2.49. The summed E-state index contributed by atoms with van der Waals surface area (Å²) in [6, 6.07) is 11.4. The highest BCUT2D eigenvalue weighted by atomic mass is 35.5. The number of piperazine rings is 1. The summed E-state index contributed by atoms with van der Waals surface area (Å²) in [5, 5.41) is 3.60. The van der Waals surface area contributed by atoms with Crippen LogP contribution in [0.1, 0.15) is 11.3 Å². The van der Waals surface area contributed by atoms with E-state index in [1.165, 1.54) is 0 Å². The van der Waals surface area contributed by atoms with Crippen LogP contribution >= 0.6 is 11.6 Å². The van der Waals surface area contributed by atoms with Crippen molar-refractivity contribution in [1.82, 2.24) is 24.5 Å². The monoisotopic (exact) mass is 427 g/mol. The molecule has 1 aliphatic rings. The van der Waals surface area contributed by atoms with E-state index < -0.39 is 0 Å². The van der Waals surface area contributed by atoms with Crippen molar-refractivity contribution in [1.29, 1.82) is 0 Å². The number of rotatable bonds is 7. The van der Waals surface area contributed by atoms with E-state index in [0.717, 1.165) is 55.4 Å². The van der Waals surface area contributed by atoms with Crippen LogP contribution < -0.4 is 10.1 Å². The van der Waals surface area contributed by atoms with Crippen LogP contribution in [0.2, 0.25) is 5.02 Å². The summed E-state index contributed by atoms with van der Waals surface area (Å²) in [7, 11) is 1.61. The molecule has 3 aromatic rings. The number of nitrogens with one attached hydrogen (secondary N) is 1. The van der Waals surface area contributed by atoms with Gasteiger partial charge in [-0.15, -0.1) is 0 Å². The van der Waals surface area contributed by atoms with Crippen LogP contribution in [0.15, 0.2) is 48.8 Å². The molecule has 0 spiro atoms. The van der Waals surface area contributed by atoms with Crippen molar-refractivity contribution < 1.29 is 9.53 Å². The summed E-state index contributed by atoms with van der Waals surface area (Å²) in [5.41, 5.74) is 2.91. The Kier molecular flexibility index (Phi) is 6.52. The number of nitrogens with zero attached hydrogens (tertiary/aromatic N) is 4. The van der Waals surface area contributed by atoms with Crippen molar-refractivity contribution in [2.24, 2.45) is 0 Å². The Morgan fingerprint density at radius 1 is 1.17 bits per heavy atom. The van der Waals surface area contributed by atoms with Gasteiger partial charge in [-0.3, -0.25) is 14.6 Å². The first-order chi connectivity index (χ1) is 14.6. The minimum atomic E-state index is 0.00540. The molecule has 8 heteroatoms. The fraction of sp³-hybridized carbons (Fsp3) is 0.364. The van der Waals surface area contributed by atoms with Gasteiger partial charge in [-0.05, 0) is 30.3 Å². The number of hydrogen-bond donors (Lipinski definition) is 1. The zero-order valence-electron chi connectivity index (χ0n) is 17.1. The molecule has 7 nitrogen and oxygen atoms in total. The lowest BCUT2D eigenvalue weighted by Gasteiger charge is -2.33. The summed E-state index contributed by atoms with van der Waals surface area (Å²) >= 11 is 6.05. The minimum Gasteiger partial charge on any atom is -0.496 e. The fourth-order valence-corrected chi connectivity index (χ4v) is 3.93. The first-order valence-corrected chi connectivity index (χ1v) is 10.4. The number of methoxy groups -OCH3 is 1. The second-order valence-electron chi connectivity index (χ2n) is 7.48. The molecule has 1 N–H and O–H groups in total. The molecule has 0 radical (unpaired) electrons. The van der Waals surface area contributed by atoms with E-state index >= 15 is 0 Å². The standard InChI is InChI=1S/C22H26ClN5O2/c1-30-20-6-5-18(23)12-17(20)13-24-22(29)16-27-10-8-26(9-11-27)14-19-15-28-7-3-2-4-21(28)25-19/h2-7,12,15H,8-11,13-14,16H2,1H3,(H,24,29). The van der Waals surface area contributed by atoms with Crippen molar-refractivity contribution in [3.8, 4) is 5.75 Å². The SMILES string of the molecule is COc1ccc(Cl)cc1CNC(=O)CN1CCN(Cc2cn3ccccc3n2)CC1. The summed E-state index contributed by atoms with van der Waals surface area (Å²) in [6.45, 7) is 5.19. The molecule has 158 valence electrons. The van der Waals surface area contributed by atoms with Gasteiger partial charge in [-0.1, -0.05) is 17.7 Å². The molecule has 30 heavy (non-hydrogen) atoms. The van der Waals surface area contributed by atoms with Gasteiger partial charge in [0.2, 0.25) is 5.91 Å². The number of pyridine rings is 1. The lowest BCUT2D eigenvalue weighted by molar-refractivity contribution is -0.122. The first-order valence-electron chi connectivity index (χ1n) is 10.1. The Hall–Kier alpha value is -2.61. The number of amides is 1. The maximum absolute atomic E-state index is 12.4. The second-order valence-corrected chi connectivity index (χ2v) is 7.92. The van der Waals surface area contributed by atoms with Crippen LogP contribution in [-0.4, -0.2) is 64.9 Å². The molecule has 1 aromatic carbocycles. The zero-order chi connectivity index (χ0) is 20.9. The zero-order valence-corrected chi connectivity index (χ0v) is 17.8. The predicted molar refractivity (Wildman–Crippen MR) is 117 cm³/mol. The summed E-state index contributed by atoms with van der Waals surface area (Å²) < 4.78 is 7.38. The quantitative estimate of drug-likeness (QED) is 0.627. The van der Waals surface area contributed by atoms with E-state index in [1.54, 1.807) is 13.2 Å². The van der Waals surface area contributed by atoms with E-state index in [-0.39, 0.29) is 5.91 Å². The van der Waals surface area contributed by atoms with Gasteiger partial charge in [-0.2, -0.15) is 0 Å². The molecule has 1 aliphatic heterocycles. The Balaban J connectivity index is 1.22. The number of hydrogen-bond acceptors (Lipinski definition) is 5. The third-order valence-corrected chi connectivity index (χ3v) is 5.59. The molecule has 0 atom stereocenters. The number of aromatic nitrogens is 2. The highest BCUT2D eigenvalue weighted by molar-refractivity contribution is 6.30. The topological polar surface area (TPSA) is 62.1 Å². The Morgan fingerprint density at radius 2 is 1.97 bits per heavy atom. The van der Waals surface area contributed by atoms with Crippen molar-refractivity contribution >= 4 is 23.2 Å². The lowest BCUT2D eigenvalue weighted by atomic mass is 10.2. The van der Waals surface area contributed by atoms with E-state index in [4.69, 9.17) is 16.3 Å². The normalized spacial score (nSPS) is 15.4. The summed E-state index contributed by atoms with van der Waals surface area (Å²) in [5.74, 6) is 0.728. The number of halogens is 1. The molecule has 0 unspecified atom stereocenters. The Morgan fingerprint density at radius 3 is 2.73 bits per heavy atom. The fourth-order valence-electron chi connectivity index (χ4n) is 3.74. The van der Waals surface area contributed by atoms with E-state index in [9.17, 15) is 4.79 Å². The molecule has 1 saturated heterocycles. The summed E-state index contributed by atoms with van der Waals surface area (Å²) in [6.07, 6.45) is 4.10. The number of imidazole rings is 1. The van der Waals surface area contributed by atoms with Crippen LogP contribution in [0.4, 0.5) is 0 Å². The largest absolute Gasteiger partial charge is 0.496 e. The highest BCUT2D eigenvalue weighted by Crippen LogP contribution is 2.22. The molecule has 4 rings (SSSR count). The third kappa shape index (κ3) is 5.11. The number of fused-ring (bicyclic) bond motifs is 1. The van der Waals surface area contributed by atoms with Gasteiger partial charge in [0.05, 0.1) is 19.3 Å². The van der Waals surface area contributed by atoms with Gasteiger partial charge in [0.25, 0.3) is 0 Å². The maximum atomic E-state index is 12.4. The Labute approximate surface area is 181 Å². The summed E-state index contributed by atoms with van der Waals surface area (Å²) in [4.78, 5) is 21.6. The predicted octanol–water partition coefficient (Wildman–Crippen LogP) is 2.43.